The zero-order valence-electron chi connectivity index (χ0n) is 27.5. The predicted molar refractivity (Wildman–Crippen MR) is 181 cm³/mol. The Balaban J connectivity index is 1.12. The second-order valence-corrected chi connectivity index (χ2v) is 12.9. The Hall–Kier alpha value is -6.34. The van der Waals surface area contributed by atoms with Crippen molar-refractivity contribution >= 4 is 52.2 Å². The third kappa shape index (κ3) is 6.29. The fraction of sp³-hybridized carbons (Fsp3) is 0.270. The molecule has 0 spiro atoms. The Morgan fingerprint density at radius 2 is 1.88 bits per heavy atom. The molecule has 2 aliphatic rings. The molecule has 0 radical (unpaired) electrons. The first-order chi connectivity index (χ1) is 23.8. The molecule has 12 nitrogen and oxygen atoms in total. The minimum absolute atomic E-state index is 0.00580. The highest BCUT2D eigenvalue weighted by atomic mass is 19.1. The van der Waals surface area contributed by atoms with Gasteiger partial charge in [0.1, 0.15) is 11.6 Å². The molecule has 3 heterocycles. The Kier molecular flexibility index (Phi) is 8.68. The number of benzene rings is 3. The van der Waals surface area contributed by atoms with Gasteiger partial charge in [-0.3, -0.25) is 38.9 Å². The van der Waals surface area contributed by atoms with Gasteiger partial charge in [-0.2, -0.15) is 10.4 Å². The number of fused-ring (bicyclic) bond motifs is 1. The van der Waals surface area contributed by atoms with Crippen LogP contribution in [0.2, 0.25) is 0 Å². The van der Waals surface area contributed by atoms with Crippen LogP contribution in [-0.2, 0) is 24.7 Å². The molecule has 4 aromatic rings. The van der Waals surface area contributed by atoms with Gasteiger partial charge < -0.3 is 10.2 Å². The molecule has 13 heteroatoms. The lowest BCUT2D eigenvalue weighted by atomic mass is 9.94. The Morgan fingerprint density at radius 1 is 1.14 bits per heavy atom. The fourth-order valence-electron chi connectivity index (χ4n) is 5.97. The van der Waals surface area contributed by atoms with Gasteiger partial charge in [0.15, 0.2) is 0 Å². The number of anilines is 2. The number of imide groups is 2. The standard InChI is InChI=1S/C37H32FN7O5/c1-23-8-10-26(16-29(23)34(49)44(22-46)31-12-13-32(47)42-33(31)48)43-20-37(38,21-43)15-14-24-18-40-45(19-24)36(2,3)35(50)41-30-11-9-25(17-39)27-6-4-5-7-28(27)30/h4-11,16,18-19,22,31H,12-13,20-21H2,1-3H3,(H,41,50)(H,42,47,48). The van der Waals surface area contributed by atoms with Crippen molar-refractivity contribution in [2.24, 2.45) is 0 Å². The lowest BCUT2D eigenvalue weighted by Gasteiger charge is -2.43. The summed E-state index contributed by atoms with van der Waals surface area (Å²) in [6.45, 7) is 4.91. The van der Waals surface area contributed by atoms with Crippen molar-refractivity contribution in [1.82, 2.24) is 20.0 Å². The second-order valence-electron chi connectivity index (χ2n) is 12.9. The molecule has 3 aromatic carbocycles. The molecule has 2 aliphatic heterocycles. The zero-order chi connectivity index (χ0) is 35.8. The van der Waals surface area contributed by atoms with Crippen LogP contribution in [0.1, 0.15) is 53.7 Å². The number of amides is 5. The molecule has 252 valence electrons. The SMILES string of the molecule is Cc1ccc(N2CC(F)(C#Cc3cnn(C(C)(C)C(=O)Nc4ccc(C#N)c5ccccc45)c3)C2)cc1C(=O)N(C=O)C1CCC(=O)NC1=O. The number of carbonyl (C=O) groups is 5. The lowest BCUT2D eigenvalue weighted by Crippen LogP contribution is -2.58. The third-order valence-electron chi connectivity index (χ3n) is 9.03. The summed E-state index contributed by atoms with van der Waals surface area (Å²) in [4.78, 5) is 65.0. The number of nitrogens with zero attached hydrogens (tertiary/aromatic N) is 5. The van der Waals surface area contributed by atoms with E-state index in [1.54, 1.807) is 62.2 Å². The molecule has 1 unspecified atom stereocenters. The molecule has 0 bridgehead atoms. The van der Waals surface area contributed by atoms with Gasteiger partial charge in [0.25, 0.3) is 11.8 Å². The largest absolute Gasteiger partial charge is 0.363 e. The normalized spacial score (nSPS) is 16.7. The summed E-state index contributed by atoms with van der Waals surface area (Å²) in [5.41, 5.74) is -0.263. The number of aryl methyl sites for hydroxylation is 1. The average Bonchev–Trinajstić information content (AvgIpc) is 3.58. The summed E-state index contributed by atoms with van der Waals surface area (Å²) < 4.78 is 17.1. The van der Waals surface area contributed by atoms with E-state index in [0.717, 1.165) is 15.7 Å². The minimum atomic E-state index is -1.86. The van der Waals surface area contributed by atoms with Gasteiger partial charge in [0.05, 0.1) is 36.5 Å². The smallest absolute Gasteiger partial charge is 0.261 e. The average molecular weight is 674 g/mol. The van der Waals surface area contributed by atoms with E-state index in [1.165, 1.54) is 10.9 Å². The van der Waals surface area contributed by atoms with Crippen LogP contribution in [0.15, 0.2) is 67.0 Å². The van der Waals surface area contributed by atoms with E-state index in [4.69, 9.17) is 0 Å². The van der Waals surface area contributed by atoms with E-state index in [-0.39, 0.29) is 43.8 Å². The Labute approximate surface area is 286 Å². The number of carbonyl (C=O) groups excluding carboxylic acids is 5. The van der Waals surface area contributed by atoms with E-state index in [1.807, 2.05) is 24.3 Å². The number of nitriles is 1. The van der Waals surface area contributed by atoms with Crippen molar-refractivity contribution in [3.05, 3.63) is 89.2 Å². The van der Waals surface area contributed by atoms with E-state index < -0.39 is 35.0 Å². The van der Waals surface area contributed by atoms with Gasteiger partial charge in [0, 0.05) is 40.3 Å². The molecule has 0 saturated carbocycles. The number of nitrogens with one attached hydrogen (secondary N) is 2. The molecule has 1 atom stereocenters. The molecule has 1 aromatic heterocycles. The van der Waals surface area contributed by atoms with E-state index in [0.29, 0.717) is 28.1 Å². The monoisotopic (exact) mass is 673 g/mol. The van der Waals surface area contributed by atoms with Crippen molar-refractivity contribution in [2.75, 3.05) is 23.3 Å². The quantitative estimate of drug-likeness (QED) is 0.171. The summed E-state index contributed by atoms with van der Waals surface area (Å²) in [5, 5.41) is 20.3. The summed E-state index contributed by atoms with van der Waals surface area (Å²) in [7, 11) is 0. The van der Waals surface area contributed by atoms with Crippen LogP contribution in [0, 0.1) is 30.1 Å². The molecule has 2 saturated heterocycles. The van der Waals surface area contributed by atoms with E-state index in [9.17, 15) is 29.2 Å². The van der Waals surface area contributed by atoms with Crippen LogP contribution in [0.3, 0.4) is 0 Å². The Bertz CT molecular complexity index is 2180. The summed E-state index contributed by atoms with van der Waals surface area (Å²) >= 11 is 0. The second kappa shape index (κ2) is 12.9. The van der Waals surface area contributed by atoms with Crippen molar-refractivity contribution in [2.45, 2.75) is 50.9 Å². The first-order valence-corrected chi connectivity index (χ1v) is 15.8. The van der Waals surface area contributed by atoms with Crippen LogP contribution in [0.4, 0.5) is 15.8 Å². The predicted octanol–water partition coefficient (Wildman–Crippen LogP) is 3.57. The van der Waals surface area contributed by atoms with Crippen molar-refractivity contribution in [1.29, 1.82) is 5.26 Å². The van der Waals surface area contributed by atoms with Crippen LogP contribution in [0.5, 0.6) is 0 Å². The van der Waals surface area contributed by atoms with Crippen LogP contribution in [0.25, 0.3) is 10.8 Å². The molecule has 0 aliphatic carbocycles. The topological polar surface area (TPSA) is 158 Å². The van der Waals surface area contributed by atoms with Gasteiger partial charge in [-0.15, -0.1) is 0 Å². The minimum Gasteiger partial charge on any atom is -0.363 e. The van der Waals surface area contributed by atoms with Gasteiger partial charge in [-0.25, -0.2) is 4.39 Å². The zero-order valence-corrected chi connectivity index (χ0v) is 27.5. The first-order valence-electron chi connectivity index (χ1n) is 15.8. The summed E-state index contributed by atoms with van der Waals surface area (Å²) in [6, 6.07) is 16.7. The van der Waals surface area contributed by atoms with Crippen molar-refractivity contribution in [3.8, 4) is 17.9 Å². The maximum Gasteiger partial charge on any atom is 0.261 e. The van der Waals surface area contributed by atoms with Crippen LogP contribution < -0.4 is 15.5 Å². The number of rotatable bonds is 7. The number of piperidine rings is 1. The van der Waals surface area contributed by atoms with Crippen molar-refractivity contribution < 1.29 is 28.4 Å². The van der Waals surface area contributed by atoms with Gasteiger partial charge in [-0.1, -0.05) is 42.2 Å². The summed E-state index contributed by atoms with van der Waals surface area (Å²) in [6.07, 6.45) is 3.35. The molecule has 5 amide bonds. The van der Waals surface area contributed by atoms with E-state index >= 15 is 4.39 Å². The highest BCUT2D eigenvalue weighted by Crippen LogP contribution is 2.33. The highest BCUT2D eigenvalue weighted by Gasteiger charge is 2.43. The van der Waals surface area contributed by atoms with Crippen LogP contribution >= 0.6 is 0 Å². The highest BCUT2D eigenvalue weighted by molar-refractivity contribution is 6.08. The van der Waals surface area contributed by atoms with Gasteiger partial charge >= 0.3 is 0 Å². The van der Waals surface area contributed by atoms with Gasteiger partial charge in [0.2, 0.25) is 23.9 Å². The maximum atomic E-state index is 15.6. The summed E-state index contributed by atoms with van der Waals surface area (Å²) in [5.74, 6) is 3.27. The van der Waals surface area contributed by atoms with Crippen molar-refractivity contribution in [3.63, 3.8) is 0 Å². The number of alkyl halides is 1. The number of halogens is 1. The molecular formula is C37H32FN7O5. The molecule has 50 heavy (non-hydrogen) atoms. The molecule has 6 rings (SSSR count). The molecule has 2 fully saturated rings. The molecule has 2 N–H and O–H groups in total. The lowest BCUT2D eigenvalue weighted by molar-refractivity contribution is -0.139. The fourth-order valence-corrected chi connectivity index (χ4v) is 5.97. The third-order valence-corrected chi connectivity index (χ3v) is 9.03. The van der Waals surface area contributed by atoms with Gasteiger partial charge in [-0.05, 0) is 57.0 Å². The number of hydrogen-bond donors (Lipinski definition) is 2. The first kappa shape index (κ1) is 33.6. The Morgan fingerprint density at radius 3 is 2.58 bits per heavy atom. The maximum absolute atomic E-state index is 15.6. The van der Waals surface area contributed by atoms with Crippen LogP contribution in [-0.4, -0.2) is 69.5 Å². The van der Waals surface area contributed by atoms with E-state index in [2.05, 4.69) is 33.6 Å². The molecular weight excluding hydrogens is 641 g/mol. The number of aromatic nitrogens is 2. The number of hydrogen-bond acceptors (Lipinski definition) is 8.